The van der Waals surface area contributed by atoms with Crippen molar-refractivity contribution in [2.24, 2.45) is 5.41 Å². The molecule has 0 aromatic heterocycles. The van der Waals surface area contributed by atoms with Crippen molar-refractivity contribution < 1.29 is 28.8 Å². The van der Waals surface area contributed by atoms with Crippen molar-refractivity contribution in [3.05, 3.63) is 71.8 Å². The van der Waals surface area contributed by atoms with E-state index in [1.54, 1.807) is 0 Å². The molecule has 0 bridgehead atoms. The number of aliphatic hydroxyl groups is 1. The molecule has 0 amide bonds. The van der Waals surface area contributed by atoms with E-state index in [-0.39, 0.29) is 18.7 Å². The first kappa shape index (κ1) is 26.4. The van der Waals surface area contributed by atoms with Gasteiger partial charge < -0.3 is 24.1 Å². The molecule has 1 aliphatic heterocycles. The molecule has 1 aliphatic rings. The summed E-state index contributed by atoms with van der Waals surface area (Å²) in [4.78, 5) is 12.7. The minimum atomic E-state index is -0.625. The maximum absolute atomic E-state index is 12.7. The molecule has 0 saturated carbocycles. The van der Waals surface area contributed by atoms with Gasteiger partial charge in [-0.15, -0.1) is 0 Å². The van der Waals surface area contributed by atoms with Crippen molar-refractivity contribution in [3.8, 4) is 0 Å². The molecule has 0 radical (unpaired) electrons. The highest BCUT2D eigenvalue weighted by Crippen LogP contribution is 2.34. The standard InChI is InChI=1S/C28H38O6/c1-5-22(34-27(30)28(2,3)4)25-26(32-19-21-14-10-7-11-15-21)24(23(33-25)16-17-29)31-18-20-12-8-6-9-13-20/h6-15,22-26,29H,5,16-19H2,1-4H3/t22-,23-,24-,25+,26+/m0/s1. The van der Waals surface area contributed by atoms with Crippen LogP contribution in [-0.4, -0.2) is 48.2 Å². The van der Waals surface area contributed by atoms with Crippen LogP contribution >= 0.6 is 0 Å². The van der Waals surface area contributed by atoms with Crippen molar-refractivity contribution in [2.75, 3.05) is 6.61 Å². The monoisotopic (exact) mass is 470 g/mol. The van der Waals surface area contributed by atoms with E-state index in [9.17, 15) is 9.90 Å². The first-order valence-electron chi connectivity index (χ1n) is 12.1. The average molecular weight is 471 g/mol. The van der Waals surface area contributed by atoms with Gasteiger partial charge in [0, 0.05) is 6.61 Å². The van der Waals surface area contributed by atoms with Crippen LogP contribution in [-0.2, 0) is 37.0 Å². The van der Waals surface area contributed by atoms with Crippen LogP contribution in [0.1, 0.15) is 51.7 Å². The molecule has 1 saturated heterocycles. The third kappa shape index (κ3) is 7.12. The van der Waals surface area contributed by atoms with Crippen LogP contribution < -0.4 is 0 Å². The van der Waals surface area contributed by atoms with E-state index in [0.717, 1.165) is 11.1 Å². The summed E-state index contributed by atoms with van der Waals surface area (Å²) in [5.41, 5.74) is 1.45. The molecule has 2 aromatic carbocycles. The van der Waals surface area contributed by atoms with E-state index in [0.29, 0.717) is 26.1 Å². The number of aliphatic hydroxyl groups excluding tert-OH is 1. The molecule has 1 fully saturated rings. The Kier molecular flexibility index (Phi) is 9.65. The Balaban J connectivity index is 1.83. The van der Waals surface area contributed by atoms with Crippen molar-refractivity contribution in [3.63, 3.8) is 0 Å². The summed E-state index contributed by atoms with van der Waals surface area (Å²) in [7, 11) is 0. The highest BCUT2D eigenvalue weighted by molar-refractivity contribution is 5.75. The first-order valence-corrected chi connectivity index (χ1v) is 12.1. The number of carbonyl (C=O) groups is 1. The van der Waals surface area contributed by atoms with Crippen LogP contribution in [0.3, 0.4) is 0 Å². The molecular weight excluding hydrogens is 432 g/mol. The number of hydrogen-bond donors (Lipinski definition) is 1. The van der Waals surface area contributed by atoms with Crippen LogP contribution in [0.5, 0.6) is 0 Å². The minimum absolute atomic E-state index is 0.0352. The van der Waals surface area contributed by atoms with Gasteiger partial charge in [-0.1, -0.05) is 67.6 Å². The Morgan fingerprint density at radius 3 is 1.94 bits per heavy atom. The summed E-state index contributed by atoms with van der Waals surface area (Å²) in [5, 5.41) is 9.70. The van der Waals surface area contributed by atoms with Crippen LogP contribution in [0.2, 0.25) is 0 Å². The summed E-state index contributed by atoms with van der Waals surface area (Å²) in [6, 6.07) is 19.8. The molecule has 186 valence electrons. The topological polar surface area (TPSA) is 74.2 Å². The molecule has 3 rings (SSSR count). The van der Waals surface area contributed by atoms with Gasteiger partial charge in [0.1, 0.15) is 24.4 Å². The maximum atomic E-state index is 12.7. The lowest BCUT2D eigenvalue weighted by atomic mass is 9.96. The summed E-state index contributed by atoms with van der Waals surface area (Å²) < 4.78 is 25.0. The van der Waals surface area contributed by atoms with Gasteiger partial charge in [-0.25, -0.2) is 0 Å². The molecule has 1 N–H and O–H groups in total. The van der Waals surface area contributed by atoms with Gasteiger partial charge >= 0.3 is 5.97 Å². The highest BCUT2D eigenvalue weighted by atomic mass is 16.6. The van der Waals surface area contributed by atoms with Crippen molar-refractivity contribution in [1.82, 2.24) is 0 Å². The van der Waals surface area contributed by atoms with Gasteiger partial charge in [0.25, 0.3) is 0 Å². The van der Waals surface area contributed by atoms with E-state index in [1.165, 1.54) is 0 Å². The van der Waals surface area contributed by atoms with Gasteiger partial charge in [-0.2, -0.15) is 0 Å². The Morgan fingerprint density at radius 2 is 1.47 bits per heavy atom. The molecule has 5 atom stereocenters. The van der Waals surface area contributed by atoms with E-state index in [4.69, 9.17) is 18.9 Å². The van der Waals surface area contributed by atoms with E-state index in [1.807, 2.05) is 88.4 Å². The molecule has 0 unspecified atom stereocenters. The third-order valence-electron chi connectivity index (χ3n) is 5.97. The molecule has 1 heterocycles. The third-order valence-corrected chi connectivity index (χ3v) is 5.97. The number of esters is 1. The van der Waals surface area contributed by atoms with Crippen molar-refractivity contribution in [2.45, 2.75) is 84.3 Å². The molecule has 0 spiro atoms. The largest absolute Gasteiger partial charge is 0.459 e. The summed E-state index contributed by atoms with van der Waals surface area (Å²) in [6.45, 7) is 8.22. The smallest absolute Gasteiger partial charge is 0.311 e. The molecule has 6 nitrogen and oxygen atoms in total. The van der Waals surface area contributed by atoms with Crippen molar-refractivity contribution >= 4 is 5.97 Å². The lowest BCUT2D eigenvalue weighted by molar-refractivity contribution is -0.172. The molecule has 6 heteroatoms. The van der Waals surface area contributed by atoms with Gasteiger partial charge in [0.05, 0.1) is 24.7 Å². The summed E-state index contributed by atoms with van der Waals surface area (Å²) in [5.74, 6) is -0.280. The predicted molar refractivity (Wildman–Crippen MR) is 130 cm³/mol. The summed E-state index contributed by atoms with van der Waals surface area (Å²) >= 11 is 0. The zero-order chi connectivity index (χ0) is 24.6. The molecular formula is C28H38O6. The fraction of sp³-hybridized carbons (Fsp3) is 0.536. The van der Waals surface area contributed by atoms with Crippen molar-refractivity contribution in [1.29, 1.82) is 0 Å². The van der Waals surface area contributed by atoms with Gasteiger partial charge in [-0.3, -0.25) is 4.79 Å². The second-order valence-electron chi connectivity index (χ2n) is 9.78. The van der Waals surface area contributed by atoms with E-state index < -0.39 is 29.8 Å². The number of ether oxygens (including phenoxy) is 4. The van der Waals surface area contributed by atoms with Crippen LogP contribution in [0.4, 0.5) is 0 Å². The number of rotatable bonds is 11. The fourth-order valence-electron chi connectivity index (χ4n) is 4.04. The quantitative estimate of drug-likeness (QED) is 0.481. The Bertz CT molecular complexity index is 863. The van der Waals surface area contributed by atoms with Gasteiger partial charge in [-0.05, 0) is 44.7 Å². The second-order valence-corrected chi connectivity index (χ2v) is 9.78. The van der Waals surface area contributed by atoms with E-state index >= 15 is 0 Å². The number of carbonyl (C=O) groups excluding carboxylic acids is 1. The normalized spacial score (nSPS) is 23.6. The SMILES string of the molecule is CC[C@H](OC(=O)C(C)(C)C)[C@H]1O[C@@H](CCO)[C@H](OCc2ccccc2)[C@H]1OCc1ccccc1. The lowest BCUT2D eigenvalue weighted by Crippen LogP contribution is -2.44. The van der Waals surface area contributed by atoms with Gasteiger partial charge in [0.15, 0.2) is 0 Å². The van der Waals surface area contributed by atoms with Gasteiger partial charge in [0.2, 0.25) is 0 Å². The lowest BCUT2D eigenvalue weighted by Gasteiger charge is -2.30. The molecule has 34 heavy (non-hydrogen) atoms. The second kappa shape index (κ2) is 12.5. The predicted octanol–water partition coefficient (Wildman–Crippen LogP) is 4.67. The Morgan fingerprint density at radius 1 is 0.941 bits per heavy atom. The number of benzene rings is 2. The van der Waals surface area contributed by atoms with E-state index in [2.05, 4.69) is 0 Å². The Labute approximate surface area is 203 Å². The van der Waals surface area contributed by atoms with Crippen LogP contribution in [0.25, 0.3) is 0 Å². The fourth-order valence-corrected chi connectivity index (χ4v) is 4.04. The zero-order valence-electron chi connectivity index (χ0n) is 20.7. The zero-order valence-corrected chi connectivity index (χ0v) is 20.7. The highest BCUT2D eigenvalue weighted by Gasteiger charge is 2.50. The molecule has 0 aliphatic carbocycles. The summed E-state index contributed by atoms with van der Waals surface area (Å²) in [6.07, 6.45) is -1.25. The minimum Gasteiger partial charge on any atom is -0.459 e. The first-order chi connectivity index (χ1) is 16.3. The van der Waals surface area contributed by atoms with Crippen LogP contribution in [0.15, 0.2) is 60.7 Å². The Hall–Kier alpha value is -2.25. The van der Waals surface area contributed by atoms with Crippen LogP contribution in [0, 0.1) is 5.41 Å². The maximum Gasteiger partial charge on any atom is 0.311 e. The number of hydrogen-bond acceptors (Lipinski definition) is 6. The molecule has 2 aromatic rings. The average Bonchev–Trinajstić information content (AvgIpc) is 3.17.